The molecule has 0 radical (unpaired) electrons. The third-order valence-corrected chi connectivity index (χ3v) is 3.28. The van der Waals surface area contributed by atoms with Gasteiger partial charge in [0.2, 0.25) is 0 Å². The van der Waals surface area contributed by atoms with Crippen molar-refractivity contribution >= 4 is 16.9 Å². The minimum Gasteiger partial charge on any atom is -0.422 e. The first-order chi connectivity index (χ1) is 10.2. The van der Waals surface area contributed by atoms with Crippen molar-refractivity contribution in [3.8, 4) is 0 Å². The summed E-state index contributed by atoms with van der Waals surface area (Å²) in [5.41, 5.74) is 0.494. The van der Waals surface area contributed by atoms with E-state index < -0.39 is 5.69 Å². The maximum atomic E-state index is 11.7. The normalized spacial score (nSPS) is 12.2. The van der Waals surface area contributed by atoms with Gasteiger partial charge in [-0.3, -0.25) is 0 Å². The molecular formula is C15H14N4O2. The molecule has 0 saturated carbocycles. The Morgan fingerprint density at radius 3 is 2.71 bits per heavy atom. The quantitative estimate of drug-likeness (QED) is 0.720. The summed E-state index contributed by atoms with van der Waals surface area (Å²) in [4.78, 5) is 19.6. The third kappa shape index (κ3) is 2.43. The van der Waals surface area contributed by atoms with Gasteiger partial charge in [0.15, 0.2) is 5.65 Å². The summed E-state index contributed by atoms with van der Waals surface area (Å²) in [7, 11) is 0. The second kappa shape index (κ2) is 5.24. The second-order valence-corrected chi connectivity index (χ2v) is 4.71. The van der Waals surface area contributed by atoms with E-state index in [-0.39, 0.29) is 11.7 Å². The van der Waals surface area contributed by atoms with Gasteiger partial charge >= 0.3 is 5.69 Å². The fraction of sp³-hybridized carbons (Fsp3) is 0.133. The van der Waals surface area contributed by atoms with Crippen LogP contribution >= 0.6 is 0 Å². The number of pyridine rings is 1. The Labute approximate surface area is 120 Å². The lowest BCUT2D eigenvalue weighted by Gasteiger charge is -2.16. The minimum absolute atomic E-state index is 0.0314. The topological polar surface area (TPSA) is 80.0 Å². The van der Waals surface area contributed by atoms with E-state index in [0.29, 0.717) is 15.9 Å². The third-order valence-electron chi connectivity index (χ3n) is 3.28. The molecular weight excluding hydrogens is 268 g/mol. The lowest BCUT2D eigenvalue weighted by Crippen LogP contribution is -2.24. The molecule has 1 atom stereocenters. The molecule has 0 aliphatic rings. The summed E-state index contributed by atoms with van der Waals surface area (Å²) >= 11 is 0. The van der Waals surface area contributed by atoms with Gasteiger partial charge in [0.25, 0.3) is 0 Å². The van der Waals surface area contributed by atoms with Gasteiger partial charge in [0.1, 0.15) is 5.82 Å². The van der Waals surface area contributed by atoms with Crippen molar-refractivity contribution in [3.63, 3.8) is 0 Å². The largest absolute Gasteiger partial charge is 0.422 e. The summed E-state index contributed by atoms with van der Waals surface area (Å²) in [5, 5.41) is 13.5. The van der Waals surface area contributed by atoms with Gasteiger partial charge in [0.05, 0.1) is 5.39 Å². The summed E-state index contributed by atoms with van der Waals surface area (Å²) in [6.07, 6.45) is 1.51. The number of nitrogens with one attached hydrogen (secondary N) is 1. The standard InChI is InChI=1S/C15H14N4O2/c1-10(11-6-3-2-4-7-11)17-13-12-8-5-9-16-14(12)19(21)15(20)18-13/h2-10,21H,1H3,(H,17,18,20)/t10-/m1/s1. The second-order valence-electron chi connectivity index (χ2n) is 4.71. The summed E-state index contributed by atoms with van der Waals surface area (Å²) < 4.78 is 0.452. The highest BCUT2D eigenvalue weighted by Crippen LogP contribution is 2.22. The average Bonchev–Trinajstić information content (AvgIpc) is 2.53. The van der Waals surface area contributed by atoms with Crippen molar-refractivity contribution in [2.75, 3.05) is 5.32 Å². The lowest BCUT2D eigenvalue weighted by molar-refractivity contribution is 0.182. The van der Waals surface area contributed by atoms with E-state index in [1.165, 1.54) is 6.20 Å². The highest BCUT2D eigenvalue weighted by atomic mass is 16.5. The fourth-order valence-corrected chi connectivity index (χ4v) is 2.18. The predicted molar refractivity (Wildman–Crippen MR) is 79.5 cm³/mol. The smallest absolute Gasteiger partial charge is 0.384 e. The summed E-state index contributed by atoms with van der Waals surface area (Å²) in [6, 6.07) is 13.3. The molecule has 2 N–H and O–H groups in total. The predicted octanol–water partition coefficient (Wildman–Crippen LogP) is 2.20. The highest BCUT2D eigenvalue weighted by molar-refractivity contribution is 5.86. The number of anilines is 1. The molecule has 21 heavy (non-hydrogen) atoms. The van der Waals surface area contributed by atoms with Crippen LogP contribution in [0.5, 0.6) is 0 Å². The van der Waals surface area contributed by atoms with E-state index in [1.807, 2.05) is 37.3 Å². The molecule has 0 aliphatic carbocycles. The number of aromatic nitrogens is 3. The van der Waals surface area contributed by atoms with Crippen molar-refractivity contribution in [3.05, 3.63) is 64.7 Å². The first-order valence-electron chi connectivity index (χ1n) is 6.55. The van der Waals surface area contributed by atoms with Crippen LogP contribution in [0.25, 0.3) is 11.0 Å². The molecule has 2 heterocycles. The van der Waals surface area contributed by atoms with Crippen LogP contribution in [0.4, 0.5) is 5.82 Å². The number of rotatable bonds is 3. The molecule has 6 heteroatoms. The number of fused-ring (bicyclic) bond motifs is 1. The maximum Gasteiger partial charge on any atom is 0.384 e. The van der Waals surface area contributed by atoms with Crippen molar-refractivity contribution < 1.29 is 5.21 Å². The number of benzene rings is 1. The zero-order valence-electron chi connectivity index (χ0n) is 11.4. The molecule has 0 fully saturated rings. The minimum atomic E-state index is -0.760. The van der Waals surface area contributed by atoms with Crippen LogP contribution in [0.3, 0.4) is 0 Å². The molecule has 3 rings (SSSR count). The Kier molecular flexibility index (Phi) is 3.27. The summed E-state index contributed by atoms with van der Waals surface area (Å²) in [6.45, 7) is 1.98. The molecule has 0 amide bonds. The van der Waals surface area contributed by atoms with Crippen LogP contribution in [0, 0.1) is 0 Å². The SMILES string of the molecule is C[C@@H](Nc1nc(=O)n(O)c2ncccc12)c1ccccc1. The van der Waals surface area contributed by atoms with Crippen LogP contribution in [0.15, 0.2) is 53.5 Å². The van der Waals surface area contributed by atoms with E-state index in [0.717, 1.165) is 5.56 Å². The first kappa shape index (κ1) is 13.1. The van der Waals surface area contributed by atoms with Crippen LogP contribution < -0.4 is 11.0 Å². The van der Waals surface area contributed by atoms with Gasteiger partial charge < -0.3 is 10.5 Å². The zero-order chi connectivity index (χ0) is 14.8. The van der Waals surface area contributed by atoms with E-state index in [1.54, 1.807) is 12.1 Å². The van der Waals surface area contributed by atoms with Crippen molar-refractivity contribution in [1.82, 2.24) is 14.7 Å². The average molecular weight is 282 g/mol. The van der Waals surface area contributed by atoms with Crippen LogP contribution in [0.1, 0.15) is 18.5 Å². The molecule has 0 aliphatic heterocycles. The first-order valence-corrected chi connectivity index (χ1v) is 6.55. The Bertz CT molecular complexity index is 830. The number of hydrogen-bond acceptors (Lipinski definition) is 5. The highest BCUT2D eigenvalue weighted by Gasteiger charge is 2.13. The van der Waals surface area contributed by atoms with Crippen LogP contribution in [-0.4, -0.2) is 19.9 Å². The Morgan fingerprint density at radius 1 is 1.19 bits per heavy atom. The van der Waals surface area contributed by atoms with Gasteiger partial charge in [-0.1, -0.05) is 30.3 Å². The summed E-state index contributed by atoms with van der Waals surface area (Å²) in [5.74, 6) is 0.407. The monoisotopic (exact) mass is 282 g/mol. The van der Waals surface area contributed by atoms with Gasteiger partial charge in [-0.15, -0.1) is 4.73 Å². The lowest BCUT2D eigenvalue weighted by atomic mass is 10.1. The van der Waals surface area contributed by atoms with Gasteiger partial charge in [-0.2, -0.15) is 4.98 Å². The van der Waals surface area contributed by atoms with Gasteiger partial charge in [-0.25, -0.2) is 9.78 Å². The fourth-order valence-electron chi connectivity index (χ4n) is 2.18. The van der Waals surface area contributed by atoms with Crippen molar-refractivity contribution in [2.45, 2.75) is 13.0 Å². The van der Waals surface area contributed by atoms with E-state index in [2.05, 4.69) is 15.3 Å². The molecule has 2 aromatic heterocycles. The van der Waals surface area contributed by atoms with Crippen LogP contribution in [-0.2, 0) is 0 Å². The Hall–Kier alpha value is -2.89. The van der Waals surface area contributed by atoms with E-state index >= 15 is 0 Å². The number of hydrogen-bond donors (Lipinski definition) is 2. The molecule has 0 saturated heterocycles. The van der Waals surface area contributed by atoms with Crippen molar-refractivity contribution in [1.29, 1.82) is 0 Å². The molecule has 3 aromatic rings. The molecule has 1 aromatic carbocycles. The molecule has 0 unspecified atom stereocenters. The Balaban J connectivity index is 2.05. The maximum absolute atomic E-state index is 11.7. The molecule has 0 spiro atoms. The van der Waals surface area contributed by atoms with Gasteiger partial charge in [0, 0.05) is 12.2 Å². The molecule has 0 bridgehead atoms. The van der Waals surface area contributed by atoms with E-state index in [9.17, 15) is 10.0 Å². The van der Waals surface area contributed by atoms with Crippen molar-refractivity contribution in [2.24, 2.45) is 0 Å². The van der Waals surface area contributed by atoms with E-state index in [4.69, 9.17) is 0 Å². The Morgan fingerprint density at radius 2 is 1.95 bits per heavy atom. The van der Waals surface area contributed by atoms with Crippen LogP contribution in [0.2, 0.25) is 0 Å². The van der Waals surface area contributed by atoms with Gasteiger partial charge in [-0.05, 0) is 24.6 Å². The zero-order valence-corrected chi connectivity index (χ0v) is 11.4. The number of nitrogens with zero attached hydrogens (tertiary/aromatic N) is 3. The molecule has 106 valence electrons. The molecule has 6 nitrogen and oxygen atoms in total.